The van der Waals surface area contributed by atoms with Crippen LogP contribution < -0.4 is 5.32 Å². The van der Waals surface area contributed by atoms with Gasteiger partial charge in [-0.3, -0.25) is 0 Å². The van der Waals surface area contributed by atoms with E-state index in [1.54, 1.807) is 0 Å². The van der Waals surface area contributed by atoms with Crippen LogP contribution in [0.1, 0.15) is 35.5 Å². The van der Waals surface area contributed by atoms with Crippen molar-refractivity contribution in [2.45, 2.75) is 33.0 Å². The maximum absolute atomic E-state index is 9.23. The number of aliphatic hydroxyl groups excluding tert-OH is 1. The van der Waals surface area contributed by atoms with Gasteiger partial charge in [0.25, 0.3) is 0 Å². The van der Waals surface area contributed by atoms with Gasteiger partial charge in [0, 0.05) is 24.5 Å². The molecule has 4 nitrogen and oxygen atoms in total. The van der Waals surface area contributed by atoms with E-state index in [9.17, 15) is 5.11 Å². The van der Waals surface area contributed by atoms with E-state index in [0.717, 1.165) is 16.9 Å². The van der Waals surface area contributed by atoms with Crippen molar-refractivity contribution in [3.63, 3.8) is 0 Å². The summed E-state index contributed by atoms with van der Waals surface area (Å²) >= 11 is 0. The SMILES string of the molecule is Cc1cccc2nc(CNC(C)c3cccc(CO)c3)cn12. The number of aryl methyl sites for hydroxylation is 1. The van der Waals surface area contributed by atoms with E-state index in [1.807, 2.05) is 30.3 Å². The van der Waals surface area contributed by atoms with Gasteiger partial charge in [0.2, 0.25) is 0 Å². The number of fused-ring (bicyclic) bond motifs is 1. The minimum atomic E-state index is 0.0757. The standard InChI is InChI=1S/C18H21N3O/c1-13-5-3-8-18-20-17(11-21(13)18)10-19-14(2)16-7-4-6-15(9-16)12-22/h3-9,11,14,19,22H,10,12H2,1-2H3. The molecule has 22 heavy (non-hydrogen) atoms. The molecule has 2 N–H and O–H groups in total. The third-order valence-corrected chi connectivity index (χ3v) is 3.97. The smallest absolute Gasteiger partial charge is 0.137 e. The van der Waals surface area contributed by atoms with Crippen molar-refractivity contribution in [3.8, 4) is 0 Å². The molecule has 0 saturated heterocycles. The first-order valence-electron chi connectivity index (χ1n) is 7.54. The van der Waals surface area contributed by atoms with Crippen LogP contribution in [-0.4, -0.2) is 14.5 Å². The molecule has 0 aliphatic rings. The van der Waals surface area contributed by atoms with Crippen LogP contribution in [0, 0.1) is 6.92 Å². The van der Waals surface area contributed by atoms with E-state index in [-0.39, 0.29) is 12.6 Å². The number of hydrogen-bond donors (Lipinski definition) is 2. The van der Waals surface area contributed by atoms with Crippen LogP contribution in [-0.2, 0) is 13.2 Å². The van der Waals surface area contributed by atoms with Gasteiger partial charge in [-0.25, -0.2) is 4.98 Å². The molecule has 0 radical (unpaired) electrons. The molecule has 0 aliphatic heterocycles. The van der Waals surface area contributed by atoms with Crippen LogP contribution >= 0.6 is 0 Å². The van der Waals surface area contributed by atoms with E-state index in [2.05, 4.69) is 46.9 Å². The lowest BCUT2D eigenvalue weighted by molar-refractivity contribution is 0.281. The Morgan fingerprint density at radius 1 is 1.23 bits per heavy atom. The van der Waals surface area contributed by atoms with Crippen LogP contribution in [0.4, 0.5) is 0 Å². The molecule has 0 fully saturated rings. The zero-order chi connectivity index (χ0) is 15.5. The Labute approximate surface area is 130 Å². The molecule has 1 unspecified atom stereocenters. The summed E-state index contributed by atoms with van der Waals surface area (Å²) in [5, 5.41) is 12.7. The van der Waals surface area contributed by atoms with E-state index in [4.69, 9.17) is 0 Å². The van der Waals surface area contributed by atoms with E-state index < -0.39 is 0 Å². The Balaban J connectivity index is 1.71. The minimum Gasteiger partial charge on any atom is -0.392 e. The number of aliphatic hydroxyl groups is 1. The second-order valence-corrected chi connectivity index (χ2v) is 5.63. The Morgan fingerprint density at radius 2 is 2.05 bits per heavy atom. The number of aromatic nitrogens is 2. The molecule has 1 aromatic carbocycles. The number of nitrogens with one attached hydrogen (secondary N) is 1. The topological polar surface area (TPSA) is 49.6 Å². The molecule has 3 rings (SSSR count). The molecule has 3 aromatic rings. The number of benzene rings is 1. The normalized spacial score (nSPS) is 12.7. The van der Waals surface area contributed by atoms with Crippen molar-refractivity contribution in [2.75, 3.05) is 0 Å². The largest absolute Gasteiger partial charge is 0.392 e. The van der Waals surface area contributed by atoms with Gasteiger partial charge in [-0.15, -0.1) is 0 Å². The van der Waals surface area contributed by atoms with Gasteiger partial charge >= 0.3 is 0 Å². The number of hydrogen-bond acceptors (Lipinski definition) is 3. The molecule has 4 heteroatoms. The van der Waals surface area contributed by atoms with Crippen LogP contribution in [0.15, 0.2) is 48.7 Å². The fourth-order valence-electron chi connectivity index (χ4n) is 2.62. The maximum Gasteiger partial charge on any atom is 0.137 e. The van der Waals surface area contributed by atoms with Gasteiger partial charge in [-0.1, -0.05) is 30.3 Å². The molecule has 2 aromatic heterocycles. The number of pyridine rings is 1. The highest BCUT2D eigenvalue weighted by molar-refractivity contribution is 5.41. The van der Waals surface area contributed by atoms with E-state index >= 15 is 0 Å². The third kappa shape index (κ3) is 3.03. The van der Waals surface area contributed by atoms with Crippen molar-refractivity contribution in [1.29, 1.82) is 0 Å². The summed E-state index contributed by atoms with van der Waals surface area (Å²) in [6, 6.07) is 14.3. The predicted molar refractivity (Wildman–Crippen MR) is 87.5 cm³/mol. The monoisotopic (exact) mass is 295 g/mol. The van der Waals surface area contributed by atoms with Crippen molar-refractivity contribution >= 4 is 5.65 Å². The van der Waals surface area contributed by atoms with Gasteiger partial charge in [0.15, 0.2) is 0 Å². The van der Waals surface area contributed by atoms with Crippen LogP contribution in [0.2, 0.25) is 0 Å². The molecule has 0 spiro atoms. The lowest BCUT2D eigenvalue weighted by Crippen LogP contribution is -2.18. The van der Waals surface area contributed by atoms with Gasteiger partial charge in [-0.2, -0.15) is 0 Å². The second kappa shape index (κ2) is 6.30. The third-order valence-electron chi connectivity index (χ3n) is 3.97. The predicted octanol–water partition coefficient (Wildman–Crippen LogP) is 2.99. The first-order valence-corrected chi connectivity index (χ1v) is 7.54. The molecular weight excluding hydrogens is 274 g/mol. The highest BCUT2D eigenvalue weighted by atomic mass is 16.3. The van der Waals surface area contributed by atoms with Gasteiger partial charge in [-0.05, 0) is 37.1 Å². The Bertz CT molecular complexity index is 779. The van der Waals surface area contributed by atoms with Crippen molar-refractivity contribution in [1.82, 2.24) is 14.7 Å². The highest BCUT2D eigenvalue weighted by Gasteiger charge is 2.08. The average Bonchev–Trinajstić information content (AvgIpc) is 2.97. The van der Waals surface area contributed by atoms with Crippen molar-refractivity contribution in [3.05, 3.63) is 71.2 Å². The minimum absolute atomic E-state index is 0.0757. The van der Waals surface area contributed by atoms with Gasteiger partial charge in [0.05, 0.1) is 12.3 Å². The average molecular weight is 295 g/mol. The zero-order valence-electron chi connectivity index (χ0n) is 13.0. The lowest BCUT2D eigenvalue weighted by atomic mass is 10.1. The Morgan fingerprint density at radius 3 is 2.82 bits per heavy atom. The van der Waals surface area contributed by atoms with E-state index in [0.29, 0.717) is 6.54 Å². The first-order chi connectivity index (χ1) is 10.7. The van der Waals surface area contributed by atoms with Crippen molar-refractivity contribution < 1.29 is 5.11 Å². The van der Waals surface area contributed by atoms with E-state index in [1.165, 1.54) is 11.3 Å². The summed E-state index contributed by atoms with van der Waals surface area (Å²) in [6.07, 6.45) is 2.08. The van der Waals surface area contributed by atoms with Gasteiger partial charge < -0.3 is 14.8 Å². The maximum atomic E-state index is 9.23. The first kappa shape index (κ1) is 14.8. The second-order valence-electron chi connectivity index (χ2n) is 5.63. The van der Waals surface area contributed by atoms with Crippen molar-refractivity contribution in [2.24, 2.45) is 0 Å². The summed E-state index contributed by atoms with van der Waals surface area (Å²) in [7, 11) is 0. The summed E-state index contributed by atoms with van der Waals surface area (Å²) in [4.78, 5) is 4.63. The fourth-order valence-corrected chi connectivity index (χ4v) is 2.62. The van der Waals surface area contributed by atoms with Crippen LogP contribution in [0.25, 0.3) is 5.65 Å². The fraction of sp³-hybridized carbons (Fsp3) is 0.278. The molecule has 0 amide bonds. The Kier molecular flexibility index (Phi) is 4.22. The summed E-state index contributed by atoms with van der Waals surface area (Å²) in [6.45, 7) is 4.99. The molecular formula is C18H21N3O. The quantitative estimate of drug-likeness (QED) is 0.761. The number of imidazole rings is 1. The number of rotatable bonds is 5. The molecule has 2 heterocycles. The zero-order valence-corrected chi connectivity index (χ0v) is 13.0. The molecule has 0 aliphatic carbocycles. The molecule has 1 atom stereocenters. The molecule has 0 saturated carbocycles. The van der Waals surface area contributed by atoms with Gasteiger partial charge in [0.1, 0.15) is 5.65 Å². The molecule has 114 valence electrons. The Hall–Kier alpha value is -2.17. The lowest BCUT2D eigenvalue weighted by Gasteiger charge is -2.14. The summed E-state index contributed by atoms with van der Waals surface area (Å²) < 4.78 is 2.11. The molecule has 0 bridgehead atoms. The number of nitrogens with zero attached hydrogens (tertiary/aromatic N) is 2. The summed E-state index contributed by atoms with van der Waals surface area (Å²) in [5.41, 5.74) is 5.30. The highest BCUT2D eigenvalue weighted by Crippen LogP contribution is 2.15. The summed E-state index contributed by atoms with van der Waals surface area (Å²) in [5.74, 6) is 0. The van der Waals surface area contributed by atoms with Crippen LogP contribution in [0.5, 0.6) is 0 Å². The van der Waals surface area contributed by atoms with Crippen LogP contribution in [0.3, 0.4) is 0 Å².